The first-order valence-electron chi connectivity index (χ1n) is 11.5. The summed E-state index contributed by atoms with van der Waals surface area (Å²) in [6, 6.07) is 39.2. The van der Waals surface area contributed by atoms with E-state index in [2.05, 4.69) is 41.3 Å². The van der Waals surface area contributed by atoms with Crippen LogP contribution in [-0.4, -0.2) is 0 Å². The Labute approximate surface area is 208 Å². The van der Waals surface area contributed by atoms with Crippen LogP contribution in [0, 0.1) is 0 Å². The van der Waals surface area contributed by atoms with Crippen LogP contribution in [0.25, 0.3) is 22.3 Å². The summed E-state index contributed by atoms with van der Waals surface area (Å²) in [6.07, 6.45) is -4.36. The van der Waals surface area contributed by atoms with Crippen molar-refractivity contribution >= 4 is 22.7 Å². The second-order valence-corrected chi connectivity index (χ2v) is 8.43. The molecule has 0 aromatic heterocycles. The molecule has 0 atom stereocenters. The lowest BCUT2D eigenvalue weighted by Gasteiger charge is -2.25. The Morgan fingerprint density at radius 1 is 0.500 bits per heavy atom. The summed E-state index contributed by atoms with van der Waals surface area (Å²) in [6.45, 7) is 0. The third-order valence-corrected chi connectivity index (χ3v) is 6.06. The molecule has 2 nitrogen and oxygen atoms in total. The molecule has 5 rings (SSSR count). The predicted octanol–water partition coefficient (Wildman–Crippen LogP) is 9.09. The molecule has 36 heavy (non-hydrogen) atoms. The normalized spacial score (nSPS) is 11.3. The Morgan fingerprint density at radius 3 is 1.47 bits per heavy atom. The number of halogens is 3. The van der Waals surface area contributed by atoms with Gasteiger partial charge in [-0.05, 0) is 71.3 Å². The largest absolute Gasteiger partial charge is 0.416 e. The molecule has 0 amide bonds. The number of nitrogens with two attached hydrogens (primary N) is 1. The van der Waals surface area contributed by atoms with Crippen molar-refractivity contribution in [2.45, 2.75) is 6.18 Å². The van der Waals surface area contributed by atoms with Gasteiger partial charge in [0, 0.05) is 28.3 Å². The molecule has 5 aromatic carbocycles. The van der Waals surface area contributed by atoms with Crippen LogP contribution in [-0.2, 0) is 6.18 Å². The second kappa shape index (κ2) is 9.62. The number of nitrogen functional groups attached to an aromatic ring is 1. The van der Waals surface area contributed by atoms with Gasteiger partial charge in [-0.3, -0.25) is 0 Å². The minimum absolute atomic E-state index is 0.558. The van der Waals surface area contributed by atoms with Crippen molar-refractivity contribution in [3.05, 3.63) is 133 Å². The van der Waals surface area contributed by atoms with Gasteiger partial charge in [-0.25, -0.2) is 0 Å². The highest BCUT2D eigenvalue weighted by Gasteiger charge is 2.30. The summed E-state index contributed by atoms with van der Waals surface area (Å²) in [5.41, 5.74) is 12.6. The van der Waals surface area contributed by atoms with Crippen LogP contribution in [0.2, 0.25) is 0 Å². The highest BCUT2D eigenvalue weighted by atomic mass is 19.4. The Morgan fingerprint density at radius 2 is 0.972 bits per heavy atom. The maximum atomic E-state index is 12.9. The number of nitrogens with zero attached hydrogens (tertiary/aromatic N) is 1. The third-order valence-electron chi connectivity index (χ3n) is 6.06. The fourth-order valence-corrected chi connectivity index (χ4v) is 4.25. The molecular formula is C31H23F3N2. The van der Waals surface area contributed by atoms with Gasteiger partial charge in [-0.15, -0.1) is 0 Å². The Hall–Kier alpha value is -4.51. The van der Waals surface area contributed by atoms with Crippen LogP contribution in [0.4, 0.5) is 35.9 Å². The van der Waals surface area contributed by atoms with Crippen molar-refractivity contribution in [3.63, 3.8) is 0 Å². The van der Waals surface area contributed by atoms with Gasteiger partial charge in [-0.1, -0.05) is 72.8 Å². The van der Waals surface area contributed by atoms with Crippen molar-refractivity contribution in [2.75, 3.05) is 10.6 Å². The minimum Gasteiger partial charge on any atom is -0.398 e. The third kappa shape index (κ3) is 4.82. The van der Waals surface area contributed by atoms with Gasteiger partial charge in [0.2, 0.25) is 0 Å². The quantitative estimate of drug-likeness (QED) is 0.254. The van der Waals surface area contributed by atoms with Crippen LogP contribution < -0.4 is 10.6 Å². The smallest absolute Gasteiger partial charge is 0.398 e. The molecule has 0 fully saturated rings. The van der Waals surface area contributed by atoms with Crippen LogP contribution in [0.5, 0.6) is 0 Å². The summed E-state index contributed by atoms with van der Waals surface area (Å²) in [5.74, 6) is 0. The molecular weight excluding hydrogens is 457 g/mol. The van der Waals surface area contributed by atoms with Gasteiger partial charge in [0.15, 0.2) is 0 Å². The number of para-hydroxylation sites is 2. The van der Waals surface area contributed by atoms with E-state index >= 15 is 0 Å². The molecule has 0 aliphatic rings. The number of benzene rings is 5. The van der Waals surface area contributed by atoms with Gasteiger partial charge >= 0.3 is 6.18 Å². The molecule has 0 radical (unpaired) electrons. The first-order chi connectivity index (χ1) is 17.4. The van der Waals surface area contributed by atoms with Crippen LogP contribution in [0.15, 0.2) is 127 Å². The molecule has 0 aliphatic heterocycles. The lowest BCUT2D eigenvalue weighted by molar-refractivity contribution is -0.137. The molecule has 178 valence electrons. The van der Waals surface area contributed by atoms with E-state index in [0.717, 1.165) is 45.9 Å². The number of hydrogen-bond donors (Lipinski definition) is 1. The maximum absolute atomic E-state index is 12.9. The molecule has 0 saturated heterocycles. The number of alkyl halides is 3. The van der Waals surface area contributed by atoms with E-state index in [1.165, 1.54) is 12.1 Å². The van der Waals surface area contributed by atoms with Crippen molar-refractivity contribution in [1.29, 1.82) is 0 Å². The SMILES string of the molecule is Nc1cc(-c2ccc(C(F)(F)F)cc2)ccc1-c1ccc(N(c2ccccc2)c2ccccc2)cc1. The molecule has 0 heterocycles. The first kappa shape index (κ1) is 23.2. The van der Waals surface area contributed by atoms with Crippen molar-refractivity contribution < 1.29 is 13.2 Å². The second-order valence-electron chi connectivity index (χ2n) is 8.43. The van der Waals surface area contributed by atoms with Gasteiger partial charge in [0.05, 0.1) is 5.56 Å². The summed E-state index contributed by atoms with van der Waals surface area (Å²) in [5, 5.41) is 0. The van der Waals surface area contributed by atoms with E-state index in [1.54, 1.807) is 6.07 Å². The average Bonchev–Trinajstić information content (AvgIpc) is 2.90. The lowest BCUT2D eigenvalue weighted by Crippen LogP contribution is -2.09. The molecule has 0 saturated carbocycles. The van der Waals surface area contributed by atoms with Gasteiger partial charge in [-0.2, -0.15) is 13.2 Å². The van der Waals surface area contributed by atoms with Gasteiger partial charge in [0.1, 0.15) is 0 Å². The molecule has 0 spiro atoms. The predicted molar refractivity (Wildman–Crippen MR) is 141 cm³/mol. The van der Waals surface area contributed by atoms with E-state index in [0.29, 0.717) is 11.3 Å². The average molecular weight is 481 g/mol. The minimum atomic E-state index is -4.36. The molecule has 0 unspecified atom stereocenters. The van der Waals surface area contributed by atoms with E-state index in [4.69, 9.17) is 5.73 Å². The zero-order valence-corrected chi connectivity index (χ0v) is 19.3. The monoisotopic (exact) mass is 480 g/mol. The molecule has 0 aliphatic carbocycles. The van der Waals surface area contributed by atoms with Crippen molar-refractivity contribution in [3.8, 4) is 22.3 Å². The van der Waals surface area contributed by atoms with E-state index < -0.39 is 11.7 Å². The van der Waals surface area contributed by atoms with Crippen LogP contribution in [0.1, 0.15) is 5.56 Å². The number of hydrogen-bond acceptors (Lipinski definition) is 2. The van der Waals surface area contributed by atoms with Gasteiger partial charge < -0.3 is 10.6 Å². The summed E-state index contributed by atoms with van der Waals surface area (Å²) < 4.78 is 38.6. The molecule has 2 N–H and O–H groups in total. The van der Waals surface area contributed by atoms with Crippen LogP contribution in [0.3, 0.4) is 0 Å². The topological polar surface area (TPSA) is 29.3 Å². The number of anilines is 4. The van der Waals surface area contributed by atoms with Gasteiger partial charge in [0.25, 0.3) is 0 Å². The zero-order valence-electron chi connectivity index (χ0n) is 19.3. The Kier molecular flexibility index (Phi) is 6.21. The summed E-state index contributed by atoms with van der Waals surface area (Å²) in [4.78, 5) is 2.18. The summed E-state index contributed by atoms with van der Waals surface area (Å²) >= 11 is 0. The molecule has 0 bridgehead atoms. The van der Waals surface area contributed by atoms with E-state index in [9.17, 15) is 13.2 Å². The lowest BCUT2D eigenvalue weighted by atomic mass is 9.97. The highest BCUT2D eigenvalue weighted by molar-refractivity contribution is 5.83. The fraction of sp³-hybridized carbons (Fsp3) is 0.0323. The first-order valence-corrected chi connectivity index (χ1v) is 11.5. The van der Waals surface area contributed by atoms with Crippen LogP contribution >= 0.6 is 0 Å². The maximum Gasteiger partial charge on any atom is 0.416 e. The molecule has 5 heteroatoms. The fourth-order valence-electron chi connectivity index (χ4n) is 4.25. The zero-order chi connectivity index (χ0) is 25.1. The standard InChI is InChI=1S/C31H23F3N2/c32-31(33,34)25-16-11-22(12-17-25)24-15-20-29(30(35)21-24)23-13-18-28(19-14-23)36(26-7-3-1-4-8-26)27-9-5-2-6-10-27/h1-21H,35H2. The number of rotatable bonds is 5. The van der Waals surface area contributed by atoms with Crippen molar-refractivity contribution in [2.24, 2.45) is 0 Å². The van der Waals surface area contributed by atoms with E-state index in [1.807, 2.05) is 60.7 Å². The summed E-state index contributed by atoms with van der Waals surface area (Å²) in [7, 11) is 0. The Bertz CT molecular complexity index is 1410. The molecule has 5 aromatic rings. The Balaban J connectivity index is 1.44. The highest BCUT2D eigenvalue weighted by Crippen LogP contribution is 2.37. The van der Waals surface area contributed by atoms with Crippen molar-refractivity contribution in [1.82, 2.24) is 0 Å². The van der Waals surface area contributed by atoms with E-state index in [-0.39, 0.29) is 0 Å².